The highest BCUT2D eigenvalue weighted by molar-refractivity contribution is 5.76. The molecular weight excluding hydrogens is 216 g/mol. The maximum Gasteiger partial charge on any atom is 0.311 e. The second kappa shape index (κ2) is 5.21. The monoisotopic (exact) mass is 228 g/mol. The zero-order valence-electron chi connectivity index (χ0n) is 9.15. The molecule has 0 radical (unpaired) electrons. The van der Waals surface area contributed by atoms with Crippen molar-refractivity contribution in [3.8, 4) is 0 Å². The van der Waals surface area contributed by atoms with Crippen LogP contribution in [0.25, 0.3) is 0 Å². The Morgan fingerprint density at radius 3 is 2.59 bits per heavy atom. The van der Waals surface area contributed by atoms with Crippen molar-refractivity contribution in [3.63, 3.8) is 0 Å². The first-order valence-electron chi connectivity index (χ1n) is 5.30. The minimum Gasteiger partial charge on any atom is -0.481 e. The lowest BCUT2D eigenvalue weighted by molar-refractivity contribution is -0.138. The van der Waals surface area contributed by atoms with Crippen molar-refractivity contribution in [1.29, 1.82) is 0 Å². The number of aliphatic carboxylic acids is 1. The molecule has 1 atom stereocenters. The lowest BCUT2D eigenvalue weighted by atomic mass is 9.94. The van der Waals surface area contributed by atoms with E-state index >= 15 is 0 Å². The highest BCUT2D eigenvalue weighted by Gasteiger charge is 2.20. The fourth-order valence-electron chi connectivity index (χ4n) is 1.68. The first kappa shape index (κ1) is 11.3. The van der Waals surface area contributed by atoms with Gasteiger partial charge in [-0.3, -0.25) is 14.8 Å². The molecule has 4 heteroatoms. The molecule has 0 unspecified atom stereocenters. The van der Waals surface area contributed by atoms with Crippen LogP contribution >= 0.6 is 0 Å². The van der Waals surface area contributed by atoms with Crippen molar-refractivity contribution >= 4 is 5.97 Å². The largest absolute Gasteiger partial charge is 0.481 e. The molecule has 1 aromatic carbocycles. The number of carboxylic acid groups (broad SMARTS) is 1. The summed E-state index contributed by atoms with van der Waals surface area (Å²) < 4.78 is 0. The van der Waals surface area contributed by atoms with Gasteiger partial charge >= 0.3 is 5.97 Å². The van der Waals surface area contributed by atoms with Gasteiger partial charge in [0.25, 0.3) is 0 Å². The van der Waals surface area contributed by atoms with E-state index in [1.165, 1.54) is 0 Å². The van der Waals surface area contributed by atoms with Crippen LogP contribution in [0.1, 0.15) is 17.2 Å². The van der Waals surface area contributed by atoms with Crippen LogP contribution in [0.3, 0.4) is 0 Å². The molecule has 0 fully saturated rings. The highest BCUT2D eigenvalue weighted by Crippen LogP contribution is 2.19. The van der Waals surface area contributed by atoms with Crippen LogP contribution < -0.4 is 0 Å². The summed E-state index contributed by atoms with van der Waals surface area (Å²) in [7, 11) is 0. The summed E-state index contributed by atoms with van der Waals surface area (Å²) in [6.07, 6.45) is 5.09. The number of nitrogens with zero attached hydrogens (tertiary/aromatic N) is 2. The predicted molar refractivity (Wildman–Crippen MR) is 62.6 cm³/mol. The molecule has 0 saturated heterocycles. The van der Waals surface area contributed by atoms with Gasteiger partial charge in [-0.2, -0.15) is 0 Å². The average molecular weight is 228 g/mol. The first-order chi connectivity index (χ1) is 8.27. The number of rotatable bonds is 4. The van der Waals surface area contributed by atoms with Crippen LogP contribution in [0.2, 0.25) is 0 Å². The molecular formula is C13H12N2O2. The van der Waals surface area contributed by atoms with Gasteiger partial charge in [0.2, 0.25) is 0 Å². The molecule has 0 spiro atoms. The van der Waals surface area contributed by atoms with Crippen molar-refractivity contribution in [2.45, 2.75) is 12.3 Å². The van der Waals surface area contributed by atoms with E-state index in [2.05, 4.69) is 9.97 Å². The van der Waals surface area contributed by atoms with Gasteiger partial charge in [0, 0.05) is 25.0 Å². The maximum absolute atomic E-state index is 11.3. The number of hydrogen-bond acceptors (Lipinski definition) is 3. The molecule has 0 aliphatic carbocycles. The Hall–Kier alpha value is -2.23. The molecule has 1 N–H and O–H groups in total. The van der Waals surface area contributed by atoms with Gasteiger partial charge in [-0.15, -0.1) is 0 Å². The molecule has 17 heavy (non-hydrogen) atoms. The summed E-state index contributed by atoms with van der Waals surface area (Å²) >= 11 is 0. The molecule has 2 aromatic rings. The van der Waals surface area contributed by atoms with Gasteiger partial charge in [-0.25, -0.2) is 0 Å². The van der Waals surface area contributed by atoms with Crippen molar-refractivity contribution in [2.24, 2.45) is 0 Å². The van der Waals surface area contributed by atoms with E-state index in [1.807, 2.05) is 30.3 Å². The Labute approximate surface area is 99.0 Å². The molecule has 4 nitrogen and oxygen atoms in total. The second-order valence-electron chi connectivity index (χ2n) is 3.70. The Bertz CT molecular complexity index is 485. The minimum atomic E-state index is -0.846. The summed E-state index contributed by atoms with van der Waals surface area (Å²) in [6, 6.07) is 9.17. The molecule has 0 saturated carbocycles. The van der Waals surface area contributed by atoms with Crippen LogP contribution in [0.4, 0.5) is 0 Å². The van der Waals surface area contributed by atoms with Gasteiger partial charge in [0.15, 0.2) is 0 Å². The summed E-state index contributed by atoms with van der Waals surface area (Å²) in [5.74, 6) is -1.42. The summed E-state index contributed by atoms with van der Waals surface area (Å²) in [5, 5.41) is 9.24. The van der Waals surface area contributed by atoms with Crippen LogP contribution in [-0.2, 0) is 11.2 Å². The topological polar surface area (TPSA) is 63.1 Å². The summed E-state index contributed by atoms with van der Waals surface area (Å²) in [5.41, 5.74) is 1.47. The molecule has 0 aliphatic rings. The molecule has 0 aliphatic heterocycles. The molecule has 1 heterocycles. The second-order valence-corrected chi connectivity index (χ2v) is 3.70. The molecule has 86 valence electrons. The number of benzene rings is 1. The van der Waals surface area contributed by atoms with Crippen LogP contribution in [-0.4, -0.2) is 21.0 Å². The Morgan fingerprint density at radius 1 is 1.24 bits per heavy atom. The van der Waals surface area contributed by atoms with E-state index in [0.717, 1.165) is 5.56 Å². The van der Waals surface area contributed by atoms with E-state index in [0.29, 0.717) is 12.1 Å². The number of carbonyl (C=O) groups is 1. The molecule has 2 rings (SSSR count). The fraction of sp³-hybridized carbons (Fsp3) is 0.154. The maximum atomic E-state index is 11.3. The number of hydrogen-bond donors (Lipinski definition) is 1. The third-order valence-electron chi connectivity index (χ3n) is 2.53. The molecule has 0 bridgehead atoms. The molecule has 0 amide bonds. The zero-order valence-corrected chi connectivity index (χ0v) is 9.15. The third-order valence-corrected chi connectivity index (χ3v) is 2.53. The van der Waals surface area contributed by atoms with Gasteiger partial charge in [0.05, 0.1) is 11.6 Å². The average Bonchev–Trinajstić information content (AvgIpc) is 2.38. The van der Waals surface area contributed by atoms with Crippen molar-refractivity contribution < 1.29 is 9.90 Å². The Balaban J connectivity index is 2.23. The lowest BCUT2D eigenvalue weighted by Crippen LogP contribution is -2.15. The Kier molecular flexibility index (Phi) is 3.45. The SMILES string of the molecule is O=C(O)[C@@H](Cc1cnccn1)c1ccccc1. The quantitative estimate of drug-likeness (QED) is 0.867. The zero-order chi connectivity index (χ0) is 12.1. The van der Waals surface area contributed by atoms with E-state index < -0.39 is 11.9 Å². The van der Waals surface area contributed by atoms with Gasteiger partial charge in [-0.1, -0.05) is 30.3 Å². The third kappa shape index (κ3) is 2.87. The standard InChI is InChI=1S/C13H12N2O2/c16-13(17)12(10-4-2-1-3-5-10)8-11-9-14-6-7-15-11/h1-7,9,12H,8H2,(H,16,17)/t12-/m0/s1. The summed E-state index contributed by atoms with van der Waals surface area (Å²) in [6.45, 7) is 0. The van der Waals surface area contributed by atoms with Gasteiger partial charge < -0.3 is 5.11 Å². The van der Waals surface area contributed by atoms with E-state index in [1.54, 1.807) is 18.6 Å². The summed E-state index contributed by atoms with van der Waals surface area (Å²) in [4.78, 5) is 19.3. The first-order valence-corrected chi connectivity index (χ1v) is 5.30. The highest BCUT2D eigenvalue weighted by atomic mass is 16.4. The fourth-order valence-corrected chi connectivity index (χ4v) is 1.68. The minimum absolute atomic E-state index is 0.354. The van der Waals surface area contributed by atoms with Gasteiger partial charge in [-0.05, 0) is 5.56 Å². The Morgan fingerprint density at radius 2 is 2.00 bits per heavy atom. The van der Waals surface area contributed by atoms with E-state index in [4.69, 9.17) is 0 Å². The van der Waals surface area contributed by atoms with Crippen LogP contribution in [0.15, 0.2) is 48.9 Å². The normalized spacial score (nSPS) is 12.0. The predicted octanol–water partition coefficient (Wildman–Crippen LogP) is 1.89. The van der Waals surface area contributed by atoms with Crippen molar-refractivity contribution in [1.82, 2.24) is 9.97 Å². The van der Waals surface area contributed by atoms with E-state index in [-0.39, 0.29) is 0 Å². The van der Waals surface area contributed by atoms with Crippen LogP contribution in [0, 0.1) is 0 Å². The smallest absolute Gasteiger partial charge is 0.311 e. The van der Waals surface area contributed by atoms with Crippen molar-refractivity contribution in [2.75, 3.05) is 0 Å². The number of aromatic nitrogens is 2. The number of carboxylic acids is 1. The van der Waals surface area contributed by atoms with Crippen molar-refractivity contribution in [3.05, 3.63) is 60.2 Å². The lowest BCUT2D eigenvalue weighted by Gasteiger charge is -2.11. The van der Waals surface area contributed by atoms with Gasteiger partial charge in [0.1, 0.15) is 0 Å². The van der Waals surface area contributed by atoms with Crippen LogP contribution in [0.5, 0.6) is 0 Å². The van der Waals surface area contributed by atoms with E-state index in [9.17, 15) is 9.90 Å². The molecule has 1 aromatic heterocycles.